The highest BCUT2D eigenvalue weighted by Gasteiger charge is 2.33. The Labute approximate surface area is 114 Å². The van der Waals surface area contributed by atoms with Gasteiger partial charge in [-0.1, -0.05) is 19.8 Å². The molecule has 0 amide bonds. The highest BCUT2D eigenvalue weighted by atomic mass is 32.2. The van der Waals surface area contributed by atoms with E-state index in [1.807, 2.05) is 0 Å². The zero-order chi connectivity index (χ0) is 14.1. The minimum absolute atomic E-state index is 0.0918. The minimum atomic E-state index is -3.53. The molecule has 0 bridgehead atoms. The summed E-state index contributed by atoms with van der Waals surface area (Å²) in [5, 5.41) is 10.4. The van der Waals surface area contributed by atoms with Gasteiger partial charge in [0.05, 0.1) is 10.5 Å². The largest absolute Gasteiger partial charge is 0.389 e. The molecule has 0 radical (unpaired) electrons. The fraction of sp³-hybridized carbons (Fsp3) is 0.692. The molecule has 0 spiro atoms. The van der Waals surface area contributed by atoms with Crippen LogP contribution in [0.15, 0.2) is 23.4 Å². The van der Waals surface area contributed by atoms with Crippen LogP contribution in [0.5, 0.6) is 0 Å². The number of nitrogens with zero attached hydrogens (tertiary/aromatic N) is 1. The lowest BCUT2D eigenvalue weighted by Gasteiger charge is -2.35. The summed E-state index contributed by atoms with van der Waals surface area (Å²) in [5.74, 6) is 0.444. The lowest BCUT2D eigenvalue weighted by atomic mass is 9.79. The summed E-state index contributed by atoms with van der Waals surface area (Å²) in [5.41, 5.74) is -0.903. The highest BCUT2D eigenvalue weighted by molar-refractivity contribution is 7.89. The standard InChI is InChI=1S/C13H22N2O3S/c1-11-4-3-6-13(16,8-11)10-14-19(17,18)12-5-7-15(2)9-12/h5,7,9,11,14,16H,3-4,6,8,10H2,1-2H3. The van der Waals surface area contributed by atoms with Gasteiger partial charge in [-0.3, -0.25) is 0 Å². The van der Waals surface area contributed by atoms with Crippen LogP contribution in [0.2, 0.25) is 0 Å². The van der Waals surface area contributed by atoms with E-state index < -0.39 is 15.6 Å². The second kappa shape index (κ2) is 5.26. The summed E-state index contributed by atoms with van der Waals surface area (Å²) in [6, 6.07) is 1.55. The number of aliphatic hydroxyl groups is 1. The van der Waals surface area contributed by atoms with Crippen LogP contribution in [0.3, 0.4) is 0 Å². The molecule has 19 heavy (non-hydrogen) atoms. The Bertz CT molecular complexity index is 538. The lowest BCUT2D eigenvalue weighted by molar-refractivity contribution is -0.00751. The molecule has 1 aliphatic rings. The van der Waals surface area contributed by atoms with E-state index in [4.69, 9.17) is 0 Å². The zero-order valence-electron chi connectivity index (χ0n) is 11.5. The van der Waals surface area contributed by atoms with Gasteiger partial charge in [0, 0.05) is 26.0 Å². The number of hydrogen-bond acceptors (Lipinski definition) is 3. The molecule has 0 saturated heterocycles. The Morgan fingerprint density at radius 1 is 1.58 bits per heavy atom. The molecule has 0 aliphatic heterocycles. The number of aryl methyl sites for hydroxylation is 1. The van der Waals surface area contributed by atoms with Crippen LogP contribution in [-0.2, 0) is 17.1 Å². The first-order chi connectivity index (χ1) is 8.81. The van der Waals surface area contributed by atoms with E-state index in [1.165, 1.54) is 0 Å². The van der Waals surface area contributed by atoms with E-state index >= 15 is 0 Å². The van der Waals surface area contributed by atoms with Crippen molar-refractivity contribution in [2.75, 3.05) is 6.54 Å². The lowest BCUT2D eigenvalue weighted by Crippen LogP contribution is -2.45. The van der Waals surface area contributed by atoms with Gasteiger partial charge >= 0.3 is 0 Å². The first kappa shape index (κ1) is 14.6. The molecule has 2 atom stereocenters. The van der Waals surface area contributed by atoms with Crippen LogP contribution >= 0.6 is 0 Å². The summed E-state index contributed by atoms with van der Waals surface area (Å²) >= 11 is 0. The van der Waals surface area contributed by atoms with Crippen LogP contribution in [-0.4, -0.2) is 30.2 Å². The predicted molar refractivity (Wildman–Crippen MR) is 73.2 cm³/mol. The Morgan fingerprint density at radius 2 is 2.32 bits per heavy atom. The first-order valence-corrected chi connectivity index (χ1v) is 8.13. The van der Waals surface area contributed by atoms with Gasteiger partial charge in [0.1, 0.15) is 0 Å². The summed E-state index contributed by atoms with van der Waals surface area (Å²) in [6.07, 6.45) is 6.61. The second-order valence-electron chi connectivity index (χ2n) is 5.76. The van der Waals surface area contributed by atoms with Crippen LogP contribution < -0.4 is 4.72 Å². The monoisotopic (exact) mass is 286 g/mol. The van der Waals surface area contributed by atoms with Gasteiger partial charge in [-0.25, -0.2) is 13.1 Å². The van der Waals surface area contributed by atoms with Crippen LogP contribution in [0.1, 0.15) is 32.6 Å². The van der Waals surface area contributed by atoms with Crippen molar-refractivity contribution in [3.8, 4) is 0 Å². The minimum Gasteiger partial charge on any atom is -0.389 e. The molecular weight excluding hydrogens is 264 g/mol. The summed E-state index contributed by atoms with van der Waals surface area (Å²) in [4.78, 5) is 0.238. The van der Waals surface area contributed by atoms with Crippen LogP contribution in [0.4, 0.5) is 0 Å². The van der Waals surface area contributed by atoms with Gasteiger partial charge < -0.3 is 9.67 Å². The van der Waals surface area contributed by atoms with Gasteiger partial charge in [-0.2, -0.15) is 0 Å². The van der Waals surface area contributed by atoms with Crippen LogP contribution in [0.25, 0.3) is 0 Å². The molecule has 1 heterocycles. The van der Waals surface area contributed by atoms with E-state index in [-0.39, 0.29) is 11.4 Å². The van der Waals surface area contributed by atoms with Crippen molar-refractivity contribution in [3.05, 3.63) is 18.5 Å². The summed E-state index contributed by atoms with van der Waals surface area (Å²) < 4.78 is 28.4. The molecular formula is C13H22N2O3S. The van der Waals surface area contributed by atoms with Crippen LogP contribution in [0, 0.1) is 5.92 Å². The molecule has 1 fully saturated rings. The maximum atomic E-state index is 12.1. The van der Waals surface area contributed by atoms with E-state index in [1.54, 1.807) is 30.1 Å². The molecule has 5 nitrogen and oxygen atoms in total. The third-order valence-electron chi connectivity index (χ3n) is 3.77. The van der Waals surface area contributed by atoms with Gasteiger partial charge in [0.25, 0.3) is 0 Å². The number of rotatable bonds is 4. The quantitative estimate of drug-likeness (QED) is 0.875. The van der Waals surface area contributed by atoms with Crippen molar-refractivity contribution < 1.29 is 13.5 Å². The number of nitrogens with one attached hydrogen (secondary N) is 1. The number of hydrogen-bond donors (Lipinski definition) is 2. The molecule has 1 aromatic heterocycles. The Kier molecular flexibility index (Phi) is 4.03. The molecule has 2 unspecified atom stereocenters. The van der Waals surface area contributed by atoms with E-state index in [0.717, 1.165) is 12.8 Å². The Morgan fingerprint density at radius 3 is 2.89 bits per heavy atom. The highest BCUT2D eigenvalue weighted by Crippen LogP contribution is 2.31. The van der Waals surface area contributed by atoms with Gasteiger partial charge in [-0.05, 0) is 24.8 Å². The number of sulfonamides is 1. The molecule has 6 heteroatoms. The topological polar surface area (TPSA) is 71.3 Å². The Hall–Kier alpha value is -0.850. The third kappa shape index (κ3) is 3.58. The molecule has 0 aromatic carbocycles. The maximum absolute atomic E-state index is 12.1. The predicted octanol–water partition coefficient (Wildman–Crippen LogP) is 1.24. The third-order valence-corrected chi connectivity index (χ3v) is 5.16. The average molecular weight is 286 g/mol. The van der Waals surface area contributed by atoms with E-state index in [2.05, 4.69) is 11.6 Å². The first-order valence-electron chi connectivity index (χ1n) is 6.65. The SMILES string of the molecule is CC1CCCC(O)(CNS(=O)(=O)c2ccn(C)c2)C1. The van der Waals surface area contributed by atoms with Gasteiger partial charge in [0.2, 0.25) is 10.0 Å². The number of aromatic nitrogens is 1. The van der Waals surface area contributed by atoms with Crippen molar-refractivity contribution >= 4 is 10.0 Å². The zero-order valence-corrected chi connectivity index (χ0v) is 12.3. The molecule has 1 aromatic rings. The van der Waals surface area contributed by atoms with Crippen molar-refractivity contribution in [2.45, 2.75) is 43.1 Å². The molecule has 108 valence electrons. The fourth-order valence-corrected chi connectivity index (χ4v) is 3.91. The van der Waals surface area contributed by atoms with E-state index in [9.17, 15) is 13.5 Å². The van der Waals surface area contributed by atoms with E-state index in [0.29, 0.717) is 18.8 Å². The second-order valence-corrected chi connectivity index (χ2v) is 7.53. The molecule has 1 saturated carbocycles. The maximum Gasteiger partial charge on any atom is 0.242 e. The van der Waals surface area contributed by atoms with Crippen molar-refractivity contribution in [3.63, 3.8) is 0 Å². The fourth-order valence-electron chi connectivity index (χ4n) is 2.74. The van der Waals surface area contributed by atoms with Gasteiger partial charge in [-0.15, -0.1) is 0 Å². The molecule has 1 aliphatic carbocycles. The molecule has 2 N–H and O–H groups in total. The van der Waals surface area contributed by atoms with Crippen molar-refractivity contribution in [1.82, 2.24) is 9.29 Å². The van der Waals surface area contributed by atoms with Crippen molar-refractivity contribution in [1.29, 1.82) is 0 Å². The average Bonchev–Trinajstić information content (AvgIpc) is 2.74. The van der Waals surface area contributed by atoms with Crippen molar-refractivity contribution in [2.24, 2.45) is 13.0 Å². The van der Waals surface area contributed by atoms with Gasteiger partial charge in [0.15, 0.2) is 0 Å². The smallest absolute Gasteiger partial charge is 0.242 e. The summed E-state index contributed by atoms with van der Waals surface area (Å²) in [7, 11) is -1.75. The Balaban J connectivity index is 2.01. The molecule has 2 rings (SSSR count). The summed E-state index contributed by atoms with van der Waals surface area (Å²) in [6.45, 7) is 2.18. The normalized spacial score (nSPS) is 28.5.